The Kier molecular flexibility index (Phi) is 2.67. The number of ether oxygens (including phenoxy) is 1. The highest BCUT2D eigenvalue weighted by atomic mass is 16.5. The average molecular weight is 141 g/mol. The van der Waals surface area contributed by atoms with E-state index in [1.54, 1.807) is 0 Å². The van der Waals surface area contributed by atoms with Crippen LogP contribution in [0, 0.1) is 11.3 Å². The van der Waals surface area contributed by atoms with Gasteiger partial charge in [0.1, 0.15) is 6.10 Å². The molecule has 2 atom stereocenters. The highest BCUT2D eigenvalue weighted by molar-refractivity contribution is 4.87. The summed E-state index contributed by atoms with van der Waals surface area (Å²) >= 11 is 0. The Hall–Kier alpha value is -0.590. The molecule has 3 nitrogen and oxygen atoms in total. The molecule has 0 saturated carbocycles. The summed E-state index contributed by atoms with van der Waals surface area (Å²) in [5.74, 6) is 0. The first-order valence-corrected chi connectivity index (χ1v) is 3.52. The SMILES string of the molecule is N#CC1CCCC(CO)O1. The van der Waals surface area contributed by atoms with E-state index in [2.05, 4.69) is 0 Å². The number of aliphatic hydroxyl groups excluding tert-OH is 1. The van der Waals surface area contributed by atoms with Crippen LogP contribution in [0.2, 0.25) is 0 Å². The van der Waals surface area contributed by atoms with E-state index in [0.717, 1.165) is 19.3 Å². The van der Waals surface area contributed by atoms with Crippen molar-refractivity contribution < 1.29 is 9.84 Å². The van der Waals surface area contributed by atoms with Gasteiger partial charge in [-0.05, 0) is 19.3 Å². The van der Waals surface area contributed by atoms with Crippen LogP contribution in [0.4, 0.5) is 0 Å². The Labute approximate surface area is 60.2 Å². The van der Waals surface area contributed by atoms with E-state index in [4.69, 9.17) is 15.1 Å². The molecule has 0 aromatic rings. The van der Waals surface area contributed by atoms with E-state index in [-0.39, 0.29) is 18.8 Å². The van der Waals surface area contributed by atoms with Gasteiger partial charge in [0.05, 0.1) is 18.8 Å². The van der Waals surface area contributed by atoms with Gasteiger partial charge in [0.15, 0.2) is 0 Å². The fourth-order valence-electron chi connectivity index (χ4n) is 1.13. The van der Waals surface area contributed by atoms with E-state index in [9.17, 15) is 0 Å². The molecule has 0 aliphatic carbocycles. The molecule has 0 bridgehead atoms. The number of hydrogen-bond donors (Lipinski definition) is 1. The zero-order valence-electron chi connectivity index (χ0n) is 5.79. The van der Waals surface area contributed by atoms with Gasteiger partial charge in [0, 0.05) is 0 Å². The number of aliphatic hydroxyl groups is 1. The molecule has 2 unspecified atom stereocenters. The number of nitriles is 1. The maximum Gasteiger partial charge on any atom is 0.144 e. The maximum atomic E-state index is 8.67. The predicted octanol–water partition coefficient (Wildman–Crippen LogP) is 0.440. The van der Waals surface area contributed by atoms with Crippen LogP contribution in [-0.2, 0) is 4.74 Å². The Morgan fingerprint density at radius 2 is 2.40 bits per heavy atom. The van der Waals surface area contributed by atoms with E-state index in [1.165, 1.54) is 0 Å². The molecule has 0 spiro atoms. The summed E-state index contributed by atoms with van der Waals surface area (Å²) in [4.78, 5) is 0. The van der Waals surface area contributed by atoms with Crippen molar-refractivity contribution in [3.63, 3.8) is 0 Å². The van der Waals surface area contributed by atoms with Crippen LogP contribution >= 0.6 is 0 Å². The van der Waals surface area contributed by atoms with E-state index >= 15 is 0 Å². The van der Waals surface area contributed by atoms with Gasteiger partial charge in [-0.15, -0.1) is 0 Å². The smallest absolute Gasteiger partial charge is 0.144 e. The van der Waals surface area contributed by atoms with Crippen LogP contribution in [0.3, 0.4) is 0 Å². The third-order valence-electron chi connectivity index (χ3n) is 1.70. The van der Waals surface area contributed by atoms with Gasteiger partial charge in [0.2, 0.25) is 0 Å². The van der Waals surface area contributed by atoms with Crippen LogP contribution in [0.5, 0.6) is 0 Å². The molecule has 1 heterocycles. The zero-order valence-corrected chi connectivity index (χ0v) is 5.79. The van der Waals surface area contributed by atoms with E-state index < -0.39 is 0 Å². The standard InChI is InChI=1S/C7H11NO2/c8-4-6-2-1-3-7(5-9)10-6/h6-7,9H,1-3,5H2. The largest absolute Gasteiger partial charge is 0.394 e. The lowest BCUT2D eigenvalue weighted by Gasteiger charge is -2.24. The third-order valence-corrected chi connectivity index (χ3v) is 1.70. The second-order valence-corrected chi connectivity index (χ2v) is 2.49. The summed E-state index contributed by atoms with van der Waals surface area (Å²) in [7, 11) is 0. The van der Waals surface area contributed by atoms with Crippen molar-refractivity contribution in [2.75, 3.05) is 6.61 Å². The van der Waals surface area contributed by atoms with Crippen molar-refractivity contribution in [1.29, 1.82) is 5.26 Å². The minimum absolute atomic E-state index is 0.0399. The van der Waals surface area contributed by atoms with Crippen molar-refractivity contribution in [3.05, 3.63) is 0 Å². The van der Waals surface area contributed by atoms with Gasteiger partial charge in [-0.1, -0.05) is 0 Å². The number of nitrogens with zero attached hydrogens (tertiary/aromatic N) is 1. The monoisotopic (exact) mass is 141 g/mol. The Morgan fingerprint density at radius 3 is 3.00 bits per heavy atom. The van der Waals surface area contributed by atoms with Gasteiger partial charge in [-0.2, -0.15) is 5.26 Å². The highest BCUT2D eigenvalue weighted by Gasteiger charge is 2.20. The fraction of sp³-hybridized carbons (Fsp3) is 0.857. The van der Waals surface area contributed by atoms with E-state index in [1.807, 2.05) is 6.07 Å². The molecule has 1 aliphatic rings. The lowest BCUT2D eigenvalue weighted by molar-refractivity contribution is -0.0478. The molecule has 1 N–H and O–H groups in total. The van der Waals surface area contributed by atoms with Crippen LogP contribution in [0.25, 0.3) is 0 Å². The van der Waals surface area contributed by atoms with Crippen molar-refractivity contribution in [3.8, 4) is 6.07 Å². The normalized spacial score (nSPS) is 33.2. The lowest BCUT2D eigenvalue weighted by Crippen LogP contribution is -2.28. The number of rotatable bonds is 1. The van der Waals surface area contributed by atoms with Crippen molar-refractivity contribution in [1.82, 2.24) is 0 Å². The van der Waals surface area contributed by atoms with Crippen molar-refractivity contribution in [2.24, 2.45) is 0 Å². The minimum Gasteiger partial charge on any atom is -0.394 e. The van der Waals surface area contributed by atoms with Gasteiger partial charge >= 0.3 is 0 Å². The molecule has 0 amide bonds. The molecule has 10 heavy (non-hydrogen) atoms. The average Bonchev–Trinajstić information content (AvgIpc) is 2.05. The zero-order chi connectivity index (χ0) is 7.40. The van der Waals surface area contributed by atoms with E-state index in [0.29, 0.717) is 0 Å². The van der Waals surface area contributed by atoms with Gasteiger partial charge in [-0.3, -0.25) is 0 Å². The summed E-state index contributed by atoms with van der Waals surface area (Å²) in [5, 5.41) is 17.1. The summed E-state index contributed by atoms with van der Waals surface area (Å²) in [6, 6.07) is 2.03. The number of hydrogen-bond acceptors (Lipinski definition) is 3. The summed E-state index contributed by atoms with van der Waals surface area (Å²) in [6.07, 6.45) is 2.30. The molecule has 1 fully saturated rings. The molecular weight excluding hydrogens is 130 g/mol. The quantitative estimate of drug-likeness (QED) is 0.576. The molecule has 56 valence electrons. The van der Waals surface area contributed by atoms with Gasteiger partial charge < -0.3 is 9.84 Å². The second kappa shape index (κ2) is 3.55. The van der Waals surface area contributed by atoms with Crippen LogP contribution in [0.1, 0.15) is 19.3 Å². The van der Waals surface area contributed by atoms with Crippen molar-refractivity contribution >= 4 is 0 Å². The first-order valence-electron chi connectivity index (χ1n) is 3.52. The van der Waals surface area contributed by atoms with Gasteiger partial charge in [-0.25, -0.2) is 0 Å². The van der Waals surface area contributed by atoms with Crippen LogP contribution < -0.4 is 0 Å². The van der Waals surface area contributed by atoms with Crippen LogP contribution in [0.15, 0.2) is 0 Å². The second-order valence-electron chi connectivity index (χ2n) is 2.49. The topological polar surface area (TPSA) is 53.2 Å². The van der Waals surface area contributed by atoms with Gasteiger partial charge in [0.25, 0.3) is 0 Å². The fourth-order valence-corrected chi connectivity index (χ4v) is 1.13. The molecule has 0 aromatic carbocycles. The third kappa shape index (κ3) is 1.69. The Bertz CT molecular complexity index is 141. The lowest BCUT2D eigenvalue weighted by atomic mass is 10.1. The summed E-state index contributed by atoms with van der Waals surface area (Å²) < 4.78 is 5.17. The summed E-state index contributed by atoms with van der Waals surface area (Å²) in [5.41, 5.74) is 0. The molecular formula is C7H11NO2. The molecule has 3 heteroatoms. The van der Waals surface area contributed by atoms with Crippen LogP contribution in [-0.4, -0.2) is 23.9 Å². The predicted molar refractivity (Wildman–Crippen MR) is 35.2 cm³/mol. The Balaban J connectivity index is 2.33. The molecule has 0 radical (unpaired) electrons. The van der Waals surface area contributed by atoms with Crippen molar-refractivity contribution in [2.45, 2.75) is 31.5 Å². The Morgan fingerprint density at radius 1 is 1.60 bits per heavy atom. The first kappa shape index (κ1) is 7.52. The molecule has 1 saturated heterocycles. The highest BCUT2D eigenvalue weighted by Crippen LogP contribution is 2.17. The molecule has 1 rings (SSSR count). The summed E-state index contributed by atoms with van der Waals surface area (Å²) in [6.45, 7) is 0.0399. The molecule has 1 aliphatic heterocycles. The molecule has 0 aromatic heterocycles. The minimum atomic E-state index is -0.286. The first-order chi connectivity index (χ1) is 4.86. The maximum absolute atomic E-state index is 8.67.